The van der Waals surface area contributed by atoms with Crippen LogP contribution in [0.4, 0.5) is 30.4 Å². The summed E-state index contributed by atoms with van der Waals surface area (Å²) in [5, 5.41) is 5.65. The van der Waals surface area contributed by atoms with Gasteiger partial charge < -0.3 is 10.6 Å². The molecule has 3 rings (SSSR count). The first-order chi connectivity index (χ1) is 13.3. The molecule has 144 valence electrons. The molecule has 2 heterocycles. The molecule has 3 aromatic rings. The molecule has 5 nitrogen and oxygen atoms in total. The van der Waals surface area contributed by atoms with Gasteiger partial charge in [-0.2, -0.15) is 13.2 Å². The number of carbonyl (C=O) groups is 1. The molecular weight excluding hydrogens is 369 g/mol. The van der Waals surface area contributed by atoms with E-state index in [1.807, 2.05) is 13.0 Å². The predicted octanol–water partition coefficient (Wildman–Crippen LogP) is 4.73. The van der Waals surface area contributed by atoms with E-state index in [1.165, 1.54) is 6.07 Å². The minimum Gasteiger partial charge on any atom is -0.355 e. The van der Waals surface area contributed by atoms with Gasteiger partial charge in [0, 0.05) is 23.8 Å². The molecule has 1 amide bonds. The van der Waals surface area contributed by atoms with Gasteiger partial charge in [0.25, 0.3) is 0 Å². The van der Waals surface area contributed by atoms with Crippen LogP contribution in [0.1, 0.15) is 16.8 Å². The minimum atomic E-state index is -4.50. The summed E-state index contributed by atoms with van der Waals surface area (Å²) in [6.45, 7) is 1.85. The zero-order chi connectivity index (χ0) is 20.1. The first kappa shape index (κ1) is 19.3. The molecule has 0 unspecified atom stereocenters. The SMILES string of the molecule is Cc1cccnc1NC(=O)Cc1ccc(Nc2ccnc(C(F)(F)F)c2)cc1. The van der Waals surface area contributed by atoms with Gasteiger partial charge >= 0.3 is 6.18 Å². The van der Waals surface area contributed by atoms with Gasteiger partial charge in [0.1, 0.15) is 11.5 Å². The molecule has 0 fully saturated rings. The molecule has 0 aliphatic heterocycles. The quantitative estimate of drug-likeness (QED) is 0.665. The Kier molecular flexibility index (Phi) is 5.58. The number of aromatic nitrogens is 2. The highest BCUT2D eigenvalue weighted by atomic mass is 19.4. The van der Waals surface area contributed by atoms with E-state index in [1.54, 1.807) is 36.5 Å². The number of hydrogen-bond acceptors (Lipinski definition) is 4. The molecule has 1 aromatic carbocycles. The summed E-state index contributed by atoms with van der Waals surface area (Å²) in [5.41, 5.74) is 1.55. The molecule has 0 saturated heterocycles. The van der Waals surface area contributed by atoms with Crippen molar-refractivity contribution in [3.05, 3.63) is 77.7 Å². The second-order valence-corrected chi connectivity index (χ2v) is 6.14. The van der Waals surface area contributed by atoms with Crippen molar-refractivity contribution in [3.8, 4) is 0 Å². The highest BCUT2D eigenvalue weighted by Gasteiger charge is 2.32. The van der Waals surface area contributed by atoms with Crippen LogP contribution in [-0.2, 0) is 17.4 Å². The van der Waals surface area contributed by atoms with Crippen LogP contribution < -0.4 is 10.6 Å². The monoisotopic (exact) mass is 386 g/mol. The van der Waals surface area contributed by atoms with Crippen molar-refractivity contribution in [2.24, 2.45) is 0 Å². The molecule has 0 aliphatic carbocycles. The largest absolute Gasteiger partial charge is 0.433 e. The van der Waals surface area contributed by atoms with Gasteiger partial charge in [-0.25, -0.2) is 4.98 Å². The number of amides is 1. The molecule has 2 N–H and O–H groups in total. The standard InChI is InChI=1S/C20H17F3N4O/c1-13-3-2-9-25-19(13)27-18(28)11-14-4-6-15(7-5-14)26-16-8-10-24-17(12-16)20(21,22)23/h2-10,12H,11H2,1H3,(H,24,26)(H,25,27,28). The lowest BCUT2D eigenvalue weighted by molar-refractivity contribution is -0.141. The topological polar surface area (TPSA) is 66.9 Å². The molecule has 8 heteroatoms. The lowest BCUT2D eigenvalue weighted by atomic mass is 10.1. The van der Waals surface area contributed by atoms with Crippen LogP contribution in [0, 0.1) is 6.92 Å². The van der Waals surface area contributed by atoms with Gasteiger partial charge in [0.05, 0.1) is 6.42 Å². The molecule has 0 spiro atoms. The van der Waals surface area contributed by atoms with Gasteiger partial charge in [-0.3, -0.25) is 9.78 Å². The Bertz CT molecular complexity index is 972. The van der Waals surface area contributed by atoms with Crippen molar-refractivity contribution in [1.82, 2.24) is 9.97 Å². The Hall–Kier alpha value is -3.42. The van der Waals surface area contributed by atoms with Crippen molar-refractivity contribution >= 4 is 23.1 Å². The Balaban J connectivity index is 1.62. The number of aryl methyl sites for hydroxylation is 1. The number of halogens is 3. The van der Waals surface area contributed by atoms with Crippen molar-refractivity contribution in [1.29, 1.82) is 0 Å². The first-order valence-electron chi connectivity index (χ1n) is 8.42. The number of nitrogens with zero attached hydrogens (tertiary/aromatic N) is 2. The first-order valence-corrected chi connectivity index (χ1v) is 8.42. The fraction of sp³-hybridized carbons (Fsp3) is 0.150. The van der Waals surface area contributed by atoms with Crippen LogP contribution in [0.3, 0.4) is 0 Å². The third-order valence-corrected chi connectivity index (χ3v) is 3.92. The summed E-state index contributed by atoms with van der Waals surface area (Å²) in [5.74, 6) is 0.315. The van der Waals surface area contributed by atoms with Crippen molar-refractivity contribution in [2.75, 3.05) is 10.6 Å². The van der Waals surface area contributed by atoms with E-state index in [0.29, 0.717) is 11.5 Å². The van der Waals surface area contributed by atoms with Crippen LogP contribution in [0.5, 0.6) is 0 Å². The predicted molar refractivity (Wildman–Crippen MR) is 100 cm³/mol. The summed E-state index contributed by atoms with van der Waals surface area (Å²) in [4.78, 5) is 19.6. The Morgan fingerprint density at radius 2 is 1.75 bits per heavy atom. The Morgan fingerprint density at radius 3 is 2.43 bits per heavy atom. The number of carbonyl (C=O) groups excluding carboxylic acids is 1. The maximum atomic E-state index is 12.7. The van der Waals surface area contributed by atoms with Crippen LogP contribution in [0.15, 0.2) is 60.9 Å². The van der Waals surface area contributed by atoms with Crippen LogP contribution in [-0.4, -0.2) is 15.9 Å². The number of alkyl halides is 3. The van der Waals surface area contributed by atoms with Crippen molar-refractivity contribution < 1.29 is 18.0 Å². The van der Waals surface area contributed by atoms with E-state index >= 15 is 0 Å². The zero-order valence-corrected chi connectivity index (χ0v) is 14.9. The lowest BCUT2D eigenvalue weighted by Crippen LogP contribution is -2.16. The van der Waals surface area contributed by atoms with Crippen LogP contribution >= 0.6 is 0 Å². The minimum absolute atomic E-state index is 0.157. The highest BCUT2D eigenvalue weighted by Crippen LogP contribution is 2.29. The summed E-state index contributed by atoms with van der Waals surface area (Å²) in [7, 11) is 0. The Labute approximate surface area is 159 Å². The molecule has 0 bridgehead atoms. The Morgan fingerprint density at radius 1 is 1.00 bits per heavy atom. The van der Waals surface area contributed by atoms with Crippen molar-refractivity contribution in [3.63, 3.8) is 0 Å². The van der Waals surface area contributed by atoms with Gasteiger partial charge in [-0.05, 0) is 48.4 Å². The second-order valence-electron chi connectivity index (χ2n) is 6.14. The molecular formula is C20H17F3N4O. The van der Waals surface area contributed by atoms with Crippen molar-refractivity contribution in [2.45, 2.75) is 19.5 Å². The summed E-state index contributed by atoms with van der Waals surface area (Å²) in [6, 6.07) is 12.9. The normalized spacial score (nSPS) is 11.1. The molecule has 0 saturated carbocycles. The number of nitrogens with one attached hydrogen (secondary N) is 2. The van der Waals surface area contributed by atoms with E-state index in [0.717, 1.165) is 23.4 Å². The van der Waals surface area contributed by atoms with E-state index < -0.39 is 11.9 Å². The molecule has 0 radical (unpaired) electrons. The number of rotatable bonds is 5. The van der Waals surface area contributed by atoms with E-state index in [-0.39, 0.29) is 18.0 Å². The molecule has 0 atom stereocenters. The molecule has 28 heavy (non-hydrogen) atoms. The van der Waals surface area contributed by atoms with E-state index in [9.17, 15) is 18.0 Å². The zero-order valence-electron chi connectivity index (χ0n) is 14.9. The van der Waals surface area contributed by atoms with Gasteiger partial charge in [0.2, 0.25) is 5.91 Å². The highest BCUT2D eigenvalue weighted by molar-refractivity contribution is 5.92. The summed E-state index contributed by atoms with van der Waals surface area (Å²) in [6.07, 6.45) is -1.64. The van der Waals surface area contributed by atoms with E-state index in [4.69, 9.17) is 0 Å². The number of pyridine rings is 2. The second kappa shape index (κ2) is 8.08. The number of hydrogen-bond donors (Lipinski definition) is 2. The molecule has 0 aliphatic rings. The third-order valence-electron chi connectivity index (χ3n) is 3.92. The average molecular weight is 386 g/mol. The van der Waals surface area contributed by atoms with E-state index in [2.05, 4.69) is 20.6 Å². The number of anilines is 3. The molecule has 2 aromatic heterocycles. The summed E-state index contributed by atoms with van der Waals surface area (Å²) < 4.78 is 38.2. The fourth-order valence-corrected chi connectivity index (χ4v) is 2.51. The average Bonchev–Trinajstić information content (AvgIpc) is 2.65. The number of benzene rings is 1. The van der Waals surface area contributed by atoms with Gasteiger partial charge in [0.15, 0.2) is 0 Å². The smallest absolute Gasteiger partial charge is 0.355 e. The van der Waals surface area contributed by atoms with Gasteiger partial charge in [-0.15, -0.1) is 0 Å². The summed E-state index contributed by atoms with van der Waals surface area (Å²) >= 11 is 0. The lowest BCUT2D eigenvalue weighted by Gasteiger charge is -2.11. The van der Waals surface area contributed by atoms with Crippen LogP contribution in [0.25, 0.3) is 0 Å². The third kappa shape index (κ3) is 5.06. The maximum Gasteiger partial charge on any atom is 0.433 e. The fourth-order valence-electron chi connectivity index (χ4n) is 2.51. The van der Waals surface area contributed by atoms with Gasteiger partial charge in [-0.1, -0.05) is 18.2 Å². The maximum absolute atomic E-state index is 12.7. The van der Waals surface area contributed by atoms with Crippen LogP contribution in [0.2, 0.25) is 0 Å².